The number of aryl methyl sites for hydroxylation is 1. The van der Waals surface area contributed by atoms with Gasteiger partial charge in [0.25, 0.3) is 0 Å². The van der Waals surface area contributed by atoms with Crippen molar-refractivity contribution in [3.05, 3.63) is 71.0 Å². The molecule has 2 aromatic carbocycles. The Kier molecular flexibility index (Phi) is 4.11. The van der Waals surface area contributed by atoms with Gasteiger partial charge in [0.15, 0.2) is 0 Å². The molecule has 0 heterocycles. The van der Waals surface area contributed by atoms with E-state index < -0.39 is 0 Å². The highest BCUT2D eigenvalue weighted by molar-refractivity contribution is 5.34. The molecule has 1 atom stereocenters. The Balaban J connectivity index is 2.36. The summed E-state index contributed by atoms with van der Waals surface area (Å²) in [6.45, 7) is 5.03. The van der Waals surface area contributed by atoms with Gasteiger partial charge in [-0.2, -0.15) is 0 Å². The molecule has 0 radical (unpaired) electrons. The summed E-state index contributed by atoms with van der Waals surface area (Å²) >= 11 is 0. The fourth-order valence-corrected chi connectivity index (χ4v) is 2.14. The maximum absolute atomic E-state index is 13.0. The molecule has 2 rings (SSSR count). The van der Waals surface area contributed by atoms with E-state index in [1.54, 1.807) is 0 Å². The van der Waals surface area contributed by atoms with Gasteiger partial charge >= 0.3 is 0 Å². The Morgan fingerprint density at radius 3 is 2.39 bits per heavy atom. The van der Waals surface area contributed by atoms with Gasteiger partial charge in [0.1, 0.15) is 5.82 Å². The van der Waals surface area contributed by atoms with Crippen LogP contribution in [0.1, 0.15) is 29.7 Å². The van der Waals surface area contributed by atoms with Crippen LogP contribution in [0.15, 0.2) is 48.5 Å². The molecule has 18 heavy (non-hydrogen) atoms. The third-order valence-electron chi connectivity index (χ3n) is 2.99. The normalized spacial score (nSPS) is 12.4. The molecule has 94 valence electrons. The molecule has 1 unspecified atom stereocenters. The molecule has 0 aliphatic rings. The summed E-state index contributed by atoms with van der Waals surface area (Å²) in [7, 11) is 0. The van der Waals surface area contributed by atoms with Crippen LogP contribution in [0.25, 0.3) is 0 Å². The molecular formula is C16H18FN. The van der Waals surface area contributed by atoms with Gasteiger partial charge in [-0.15, -0.1) is 0 Å². The third kappa shape index (κ3) is 2.96. The molecule has 1 nitrogen and oxygen atoms in total. The zero-order valence-corrected chi connectivity index (χ0v) is 10.8. The van der Waals surface area contributed by atoms with Crippen LogP contribution in [0.4, 0.5) is 4.39 Å². The van der Waals surface area contributed by atoms with Gasteiger partial charge in [-0.1, -0.05) is 48.9 Å². The predicted molar refractivity (Wildman–Crippen MR) is 73.1 cm³/mol. The van der Waals surface area contributed by atoms with E-state index in [0.717, 1.165) is 12.1 Å². The molecule has 0 bridgehead atoms. The first-order valence-electron chi connectivity index (χ1n) is 6.26. The van der Waals surface area contributed by atoms with Crippen LogP contribution >= 0.6 is 0 Å². The van der Waals surface area contributed by atoms with Crippen LogP contribution in [0.3, 0.4) is 0 Å². The summed E-state index contributed by atoms with van der Waals surface area (Å²) in [5.74, 6) is -0.196. The van der Waals surface area contributed by atoms with Crippen LogP contribution in [0.2, 0.25) is 0 Å². The second-order valence-electron chi connectivity index (χ2n) is 4.46. The lowest BCUT2D eigenvalue weighted by Crippen LogP contribution is -2.22. The number of rotatable bonds is 4. The van der Waals surface area contributed by atoms with Gasteiger partial charge in [-0.05, 0) is 36.7 Å². The molecule has 0 amide bonds. The zero-order valence-electron chi connectivity index (χ0n) is 10.8. The van der Waals surface area contributed by atoms with E-state index in [1.165, 1.54) is 23.3 Å². The van der Waals surface area contributed by atoms with Crippen LogP contribution in [0, 0.1) is 12.7 Å². The minimum Gasteiger partial charge on any atom is -0.307 e. The molecule has 0 saturated heterocycles. The van der Waals surface area contributed by atoms with E-state index in [0.29, 0.717) is 0 Å². The van der Waals surface area contributed by atoms with Crippen molar-refractivity contribution in [3.8, 4) is 0 Å². The molecular weight excluding hydrogens is 225 g/mol. The van der Waals surface area contributed by atoms with Gasteiger partial charge in [0, 0.05) is 0 Å². The first kappa shape index (κ1) is 12.8. The van der Waals surface area contributed by atoms with Gasteiger partial charge in [0.2, 0.25) is 0 Å². The standard InChI is InChI=1S/C16H18FN/c1-3-18-16(13-7-9-15(17)10-8-13)14-6-4-5-12(2)11-14/h4-11,16,18H,3H2,1-2H3. The Labute approximate surface area is 108 Å². The second kappa shape index (κ2) is 5.78. The molecule has 0 spiro atoms. The number of hydrogen-bond acceptors (Lipinski definition) is 1. The average Bonchev–Trinajstić information content (AvgIpc) is 2.37. The Hall–Kier alpha value is -1.67. The van der Waals surface area contributed by atoms with Crippen molar-refractivity contribution in [2.75, 3.05) is 6.54 Å². The van der Waals surface area contributed by atoms with E-state index in [4.69, 9.17) is 0 Å². The molecule has 2 heteroatoms. The molecule has 0 saturated carbocycles. The van der Waals surface area contributed by atoms with Crippen molar-refractivity contribution in [2.45, 2.75) is 19.9 Å². The predicted octanol–water partition coefficient (Wildman–Crippen LogP) is 3.83. The van der Waals surface area contributed by atoms with E-state index in [1.807, 2.05) is 12.1 Å². The van der Waals surface area contributed by atoms with Crippen molar-refractivity contribution in [2.24, 2.45) is 0 Å². The largest absolute Gasteiger partial charge is 0.307 e. The molecule has 2 aromatic rings. The highest BCUT2D eigenvalue weighted by Crippen LogP contribution is 2.22. The second-order valence-corrected chi connectivity index (χ2v) is 4.46. The highest BCUT2D eigenvalue weighted by atomic mass is 19.1. The minimum atomic E-state index is -0.196. The van der Waals surface area contributed by atoms with E-state index in [2.05, 4.69) is 43.4 Å². The topological polar surface area (TPSA) is 12.0 Å². The highest BCUT2D eigenvalue weighted by Gasteiger charge is 2.12. The summed E-state index contributed by atoms with van der Waals surface area (Å²) < 4.78 is 13.0. The first-order chi connectivity index (χ1) is 8.70. The van der Waals surface area contributed by atoms with Crippen molar-refractivity contribution >= 4 is 0 Å². The number of hydrogen-bond donors (Lipinski definition) is 1. The van der Waals surface area contributed by atoms with Crippen LogP contribution < -0.4 is 5.32 Å². The van der Waals surface area contributed by atoms with Crippen molar-refractivity contribution in [3.63, 3.8) is 0 Å². The smallest absolute Gasteiger partial charge is 0.123 e. The fraction of sp³-hybridized carbons (Fsp3) is 0.250. The van der Waals surface area contributed by atoms with E-state index in [9.17, 15) is 4.39 Å². The lowest BCUT2D eigenvalue weighted by atomic mass is 9.97. The minimum absolute atomic E-state index is 0.121. The van der Waals surface area contributed by atoms with Gasteiger partial charge < -0.3 is 5.32 Å². The Bertz CT molecular complexity index is 505. The lowest BCUT2D eigenvalue weighted by molar-refractivity contribution is 0.613. The summed E-state index contributed by atoms with van der Waals surface area (Å²) in [6, 6.07) is 15.2. The fourth-order valence-electron chi connectivity index (χ4n) is 2.14. The molecule has 0 aliphatic carbocycles. The van der Waals surface area contributed by atoms with Crippen LogP contribution in [-0.4, -0.2) is 6.54 Å². The quantitative estimate of drug-likeness (QED) is 0.860. The third-order valence-corrected chi connectivity index (χ3v) is 2.99. The maximum atomic E-state index is 13.0. The summed E-state index contributed by atoms with van der Waals surface area (Å²) in [6.07, 6.45) is 0. The van der Waals surface area contributed by atoms with Crippen LogP contribution in [0.5, 0.6) is 0 Å². The molecule has 1 N–H and O–H groups in total. The van der Waals surface area contributed by atoms with Gasteiger partial charge in [-0.25, -0.2) is 4.39 Å². The monoisotopic (exact) mass is 243 g/mol. The zero-order chi connectivity index (χ0) is 13.0. The summed E-state index contributed by atoms with van der Waals surface area (Å²) in [5, 5.41) is 3.44. The number of halogens is 1. The summed E-state index contributed by atoms with van der Waals surface area (Å²) in [5.41, 5.74) is 3.53. The number of nitrogens with one attached hydrogen (secondary N) is 1. The molecule has 0 aliphatic heterocycles. The maximum Gasteiger partial charge on any atom is 0.123 e. The lowest BCUT2D eigenvalue weighted by Gasteiger charge is -2.19. The van der Waals surface area contributed by atoms with E-state index in [-0.39, 0.29) is 11.9 Å². The summed E-state index contributed by atoms with van der Waals surface area (Å²) in [4.78, 5) is 0. The van der Waals surface area contributed by atoms with Crippen molar-refractivity contribution < 1.29 is 4.39 Å². The number of benzene rings is 2. The van der Waals surface area contributed by atoms with E-state index >= 15 is 0 Å². The van der Waals surface area contributed by atoms with Gasteiger partial charge in [0.05, 0.1) is 6.04 Å². The molecule has 0 fully saturated rings. The Morgan fingerprint density at radius 1 is 1.06 bits per heavy atom. The van der Waals surface area contributed by atoms with Gasteiger partial charge in [-0.3, -0.25) is 0 Å². The average molecular weight is 243 g/mol. The molecule has 0 aromatic heterocycles. The SMILES string of the molecule is CCNC(c1ccc(F)cc1)c1cccc(C)c1. The van der Waals surface area contributed by atoms with Crippen LogP contribution in [-0.2, 0) is 0 Å². The van der Waals surface area contributed by atoms with Crippen molar-refractivity contribution in [1.29, 1.82) is 0 Å². The van der Waals surface area contributed by atoms with Crippen molar-refractivity contribution in [1.82, 2.24) is 5.32 Å². The first-order valence-corrected chi connectivity index (χ1v) is 6.26. The Morgan fingerprint density at radius 2 is 1.78 bits per heavy atom.